The van der Waals surface area contributed by atoms with E-state index in [1.54, 1.807) is 19.1 Å². The highest BCUT2D eigenvalue weighted by molar-refractivity contribution is 5.74. The molecule has 2 aromatic rings. The summed E-state index contributed by atoms with van der Waals surface area (Å²) >= 11 is 0. The minimum absolute atomic E-state index is 0.236. The minimum atomic E-state index is -0.762. The Morgan fingerprint density at radius 2 is 2.22 bits per heavy atom. The molecule has 8 heteroatoms. The maximum atomic E-state index is 12.1. The van der Waals surface area contributed by atoms with Gasteiger partial charge in [0.05, 0.1) is 12.3 Å². The standard InChI is InChI=1S/C15H22N4O4/c1-4-11(14-17-10(3)23-19-14)18-15(21)16-9(2)8-12(20)13-6-5-7-22-13/h5-7,9,11-12,20H,4,8H2,1-3H3,(H2,16,18,21)/t9-,11-,12+/m0/s1. The van der Waals surface area contributed by atoms with Gasteiger partial charge in [-0.1, -0.05) is 12.1 Å². The van der Waals surface area contributed by atoms with Gasteiger partial charge in [-0.25, -0.2) is 4.79 Å². The Labute approximate surface area is 134 Å². The van der Waals surface area contributed by atoms with Crippen molar-refractivity contribution in [3.8, 4) is 0 Å². The number of hydrogen-bond donors (Lipinski definition) is 3. The summed E-state index contributed by atoms with van der Waals surface area (Å²) in [4.78, 5) is 16.2. The van der Waals surface area contributed by atoms with Crippen LogP contribution in [0, 0.1) is 6.92 Å². The molecule has 23 heavy (non-hydrogen) atoms. The lowest BCUT2D eigenvalue weighted by Gasteiger charge is -2.19. The Morgan fingerprint density at radius 1 is 1.43 bits per heavy atom. The normalized spacial score (nSPS) is 15.0. The van der Waals surface area contributed by atoms with Crippen molar-refractivity contribution in [3.05, 3.63) is 35.9 Å². The van der Waals surface area contributed by atoms with E-state index in [9.17, 15) is 9.90 Å². The van der Waals surface area contributed by atoms with E-state index in [1.165, 1.54) is 6.26 Å². The number of rotatable bonds is 7. The molecule has 0 aliphatic heterocycles. The summed E-state index contributed by atoms with van der Waals surface area (Å²) in [5.41, 5.74) is 0. The Kier molecular flexibility index (Phi) is 5.75. The fourth-order valence-corrected chi connectivity index (χ4v) is 2.22. The predicted molar refractivity (Wildman–Crippen MR) is 81.5 cm³/mol. The molecule has 0 spiro atoms. The summed E-state index contributed by atoms with van der Waals surface area (Å²) in [5.74, 6) is 1.38. The van der Waals surface area contributed by atoms with Crippen molar-refractivity contribution >= 4 is 6.03 Å². The number of urea groups is 1. The molecule has 2 amide bonds. The van der Waals surface area contributed by atoms with E-state index in [-0.39, 0.29) is 18.1 Å². The van der Waals surface area contributed by atoms with E-state index in [2.05, 4.69) is 20.8 Å². The fraction of sp³-hybridized carbons (Fsp3) is 0.533. The van der Waals surface area contributed by atoms with Crippen LogP contribution >= 0.6 is 0 Å². The van der Waals surface area contributed by atoms with E-state index in [4.69, 9.17) is 8.94 Å². The van der Waals surface area contributed by atoms with Gasteiger partial charge >= 0.3 is 6.03 Å². The molecule has 0 bridgehead atoms. The first-order valence-corrected chi connectivity index (χ1v) is 7.58. The van der Waals surface area contributed by atoms with E-state index in [0.29, 0.717) is 30.3 Å². The number of furan rings is 1. The van der Waals surface area contributed by atoms with Gasteiger partial charge in [-0.3, -0.25) is 0 Å². The highest BCUT2D eigenvalue weighted by Gasteiger charge is 2.20. The molecule has 2 aromatic heterocycles. The van der Waals surface area contributed by atoms with E-state index in [0.717, 1.165) is 0 Å². The number of aryl methyl sites for hydroxylation is 1. The number of nitrogens with zero attached hydrogens (tertiary/aromatic N) is 2. The van der Waals surface area contributed by atoms with Crippen molar-refractivity contribution in [2.75, 3.05) is 0 Å². The van der Waals surface area contributed by atoms with Crippen molar-refractivity contribution in [2.45, 2.75) is 51.8 Å². The molecule has 0 aliphatic carbocycles. The van der Waals surface area contributed by atoms with Crippen LogP contribution in [0.1, 0.15) is 56.3 Å². The van der Waals surface area contributed by atoms with Crippen molar-refractivity contribution in [3.63, 3.8) is 0 Å². The van der Waals surface area contributed by atoms with Gasteiger partial charge in [0, 0.05) is 19.4 Å². The van der Waals surface area contributed by atoms with Crippen LogP contribution in [0.3, 0.4) is 0 Å². The van der Waals surface area contributed by atoms with Crippen LogP contribution in [0.2, 0.25) is 0 Å². The maximum Gasteiger partial charge on any atom is 0.315 e. The van der Waals surface area contributed by atoms with Crippen molar-refractivity contribution in [1.29, 1.82) is 0 Å². The van der Waals surface area contributed by atoms with Gasteiger partial charge in [0.25, 0.3) is 0 Å². The van der Waals surface area contributed by atoms with Gasteiger partial charge in [0.1, 0.15) is 11.9 Å². The Morgan fingerprint density at radius 3 is 2.78 bits per heavy atom. The van der Waals surface area contributed by atoms with Gasteiger partial charge in [-0.2, -0.15) is 4.98 Å². The van der Waals surface area contributed by atoms with Gasteiger partial charge in [-0.15, -0.1) is 0 Å². The zero-order valence-electron chi connectivity index (χ0n) is 13.4. The van der Waals surface area contributed by atoms with Crippen LogP contribution < -0.4 is 10.6 Å². The highest BCUT2D eigenvalue weighted by atomic mass is 16.5. The largest absolute Gasteiger partial charge is 0.467 e. The Balaban J connectivity index is 1.83. The van der Waals surface area contributed by atoms with E-state index >= 15 is 0 Å². The molecule has 0 radical (unpaired) electrons. The number of carbonyl (C=O) groups is 1. The first-order chi connectivity index (χ1) is 11.0. The van der Waals surface area contributed by atoms with Crippen LogP contribution in [0.25, 0.3) is 0 Å². The van der Waals surface area contributed by atoms with Gasteiger partial charge in [0.2, 0.25) is 5.89 Å². The highest BCUT2D eigenvalue weighted by Crippen LogP contribution is 2.18. The summed E-state index contributed by atoms with van der Waals surface area (Å²) in [5, 5.41) is 19.4. The number of aliphatic hydroxyl groups excluding tert-OH is 1. The van der Waals surface area contributed by atoms with Gasteiger partial charge in [-0.05, 0) is 25.5 Å². The predicted octanol–water partition coefficient (Wildman–Crippen LogP) is 2.23. The zero-order valence-corrected chi connectivity index (χ0v) is 13.4. The van der Waals surface area contributed by atoms with Crippen LogP contribution in [-0.4, -0.2) is 27.3 Å². The summed E-state index contributed by atoms with van der Waals surface area (Å²) in [7, 11) is 0. The van der Waals surface area contributed by atoms with E-state index < -0.39 is 6.10 Å². The zero-order chi connectivity index (χ0) is 16.8. The smallest absolute Gasteiger partial charge is 0.315 e. The molecule has 0 unspecified atom stereocenters. The Hall–Kier alpha value is -2.35. The third kappa shape index (κ3) is 4.82. The Bertz CT molecular complexity index is 611. The number of carbonyl (C=O) groups excluding carboxylic acids is 1. The van der Waals surface area contributed by atoms with Gasteiger partial charge < -0.3 is 24.7 Å². The van der Waals surface area contributed by atoms with E-state index in [1.807, 2.05) is 13.8 Å². The molecule has 0 saturated carbocycles. The fourth-order valence-electron chi connectivity index (χ4n) is 2.22. The number of aromatic nitrogens is 2. The topological polar surface area (TPSA) is 113 Å². The first-order valence-electron chi connectivity index (χ1n) is 7.58. The molecular formula is C15H22N4O4. The number of aliphatic hydroxyl groups is 1. The molecule has 3 atom stereocenters. The monoisotopic (exact) mass is 322 g/mol. The van der Waals surface area contributed by atoms with Crippen molar-refractivity contribution < 1.29 is 18.8 Å². The number of amides is 2. The second-order valence-electron chi connectivity index (χ2n) is 5.42. The summed E-state index contributed by atoms with van der Waals surface area (Å²) in [6, 6.07) is 2.50. The molecule has 8 nitrogen and oxygen atoms in total. The molecule has 0 fully saturated rings. The summed E-state index contributed by atoms with van der Waals surface area (Å²) in [6.45, 7) is 5.42. The summed E-state index contributed by atoms with van der Waals surface area (Å²) in [6.07, 6.45) is 1.72. The second-order valence-corrected chi connectivity index (χ2v) is 5.42. The number of nitrogens with one attached hydrogen (secondary N) is 2. The molecule has 2 rings (SSSR count). The minimum Gasteiger partial charge on any atom is -0.467 e. The molecule has 0 aliphatic rings. The third-order valence-corrected chi connectivity index (χ3v) is 3.39. The third-order valence-electron chi connectivity index (χ3n) is 3.39. The van der Waals surface area contributed by atoms with Crippen molar-refractivity contribution in [1.82, 2.24) is 20.8 Å². The lowest BCUT2D eigenvalue weighted by molar-refractivity contribution is 0.129. The average Bonchev–Trinajstić information content (AvgIpc) is 3.15. The van der Waals surface area contributed by atoms with Crippen LogP contribution in [-0.2, 0) is 0 Å². The summed E-state index contributed by atoms with van der Waals surface area (Å²) < 4.78 is 10.1. The lowest BCUT2D eigenvalue weighted by Crippen LogP contribution is -2.43. The first kappa shape index (κ1) is 17.0. The van der Waals surface area contributed by atoms with Crippen LogP contribution in [0.15, 0.2) is 27.3 Å². The lowest BCUT2D eigenvalue weighted by atomic mass is 10.1. The second kappa shape index (κ2) is 7.77. The average molecular weight is 322 g/mol. The quantitative estimate of drug-likeness (QED) is 0.720. The molecule has 126 valence electrons. The maximum absolute atomic E-state index is 12.1. The molecule has 3 N–H and O–H groups in total. The van der Waals surface area contributed by atoms with Crippen LogP contribution in [0.5, 0.6) is 0 Å². The van der Waals surface area contributed by atoms with Crippen molar-refractivity contribution in [2.24, 2.45) is 0 Å². The number of hydrogen-bond acceptors (Lipinski definition) is 6. The van der Waals surface area contributed by atoms with Gasteiger partial charge in [0.15, 0.2) is 5.82 Å². The van der Waals surface area contributed by atoms with Crippen LogP contribution in [0.4, 0.5) is 4.79 Å². The SMILES string of the molecule is CC[C@H](NC(=O)N[C@@H](C)C[C@@H](O)c1ccco1)c1noc(C)n1. The molecular weight excluding hydrogens is 300 g/mol. The molecule has 2 heterocycles. The molecule has 0 saturated heterocycles. The molecule has 0 aromatic carbocycles.